The van der Waals surface area contributed by atoms with Gasteiger partial charge in [-0.1, -0.05) is 39.0 Å². The lowest BCUT2D eigenvalue weighted by Crippen LogP contribution is -2.44. The Labute approximate surface area is 124 Å². The van der Waals surface area contributed by atoms with Crippen LogP contribution in [0, 0.1) is 5.92 Å². The summed E-state index contributed by atoms with van der Waals surface area (Å²) in [5, 5.41) is 3.57. The Hall–Kier alpha value is -0.570. The van der Waals surface area contributed by atoms with E-state index in [1.165, 1.54) is 57.8 Å². The Balaban J connectivity index is 1.75. The van der Waals surface area contributed by atoms with Crippen molar-refractivity contribution in [1.82, 2.24) is 10.2 Å². The fourth-order valence-electron chi connectivity index (χ4n) is 3.83. The highest BCUT2D eigenvalue weighted by atomic mass is 16.2. The van der Waals surface area contributed by atoms with Gasteiger partial charge in [-0.15, -0.1) is 0 Å². The van der Waals surface area contributed by atoms with Crippen LogP contribution in [0.25, 0.3) is 0 Å². The highest BCUT2D eigenvalue weighted by Gasteiger charge is 2.23. The van der Waals surface area contributed by atoms with E-state index >= 15 is 0 Å². The summed E-state index contributed by atoms with van der Waals surface area (Å²) in [7, 11) is 0. The molecule has 0 aromatic rings. The van der Waals surface area contributed by atoms with Crippen molar-refractivity contribution in [3.8, 4) is 0 Å². The van der Waals surface area contributed by atoms with Crippen LogP contribution in [-0.2, 0) is 4.79 Å². The van der Waals surface area contributed by atoms with E-state index in [0.717, 1.165) is 25.4 Å². The fraction of sp³-hybridized carbons (Fsp3) is 0.941. The normalized spacial score (nSPS) is 23.4. The van der Waals surface area contributed by atoms with Crippen LogP contribution in [0.4, 0.5) is 0 Å². The molecule has 2 aliphatic rings. The average molecular weight is 280 g/mol. The largest absolute Gasteiger partial charge is 0.342 e. The monoisotopic (exact) mass is 280 g/mol. The summed E-state index contributed by atoms with van der Waals surface area (Å²) in [6.07, 6.45) is 13.0. The molecule has 1 amide bonds. The Bertz CT molecular complexity index is 279. The Kier molecular flexibility index (Phi) is 6.85. The maximum absolute atomic E-state index is 12.3. The standard InChI is InChI=1S/C17H32N2O/c1-2-16(15-10-6-5-7-11-15)18-14-17(20)19-12-8-3-4-9-13-19/h15-16,18H,2-14H2,1H3. The molecule has 3 nitrogen and oxygen atoms in total. The molecule has 3 heteroatoms. The molecule has 1 heterocycles. The number of hydrogen-bond acceptors (Lipinski definition) is 2. The summed E-state index contributed by atoms with van der Waals surface area (Å²) in [5.74, 6) is 1.12. The summed E-state index contributed by atoms with van der Waals surface area (Å²) in [6, 6.07) is 0.547. The summed E-state index contributed by atoms with van der Waals surface area (Å²) in [5.41, 5.74) is 0. The van der Waals surface area contributed by atoms with Gasteiger partial charge in [0.05, 0.1) is 6.54 Å². The van der Waals surface area contributed by atoms with Crippen LogP contribution >= 0.6 is 0 Å². The van der Waals surface area contributed by atoms with E-state index in [4.69, 9.17) is 0 Å². The molecule has 1 atom stereocenters. The van der Waals surface area contributed by atoms with Gasteiger partial charge in [0.15, 0.2) is 0 Å². The molecule has 1 saturated heterocycles. The maximum Gasteiger partial charge on any atom is 0.236 e. The minimum atomic E-state index is 0.321. The first-order valence-electron chi connectivity index (χ1n) is 8.82. The van der Waals surface area contributed by atoms with E-state index in [1.807, 2.05) is 0 Å². The molecule has 1 saturated carbocycles. The number of hydrogen-bond donors (Lipinski definition) is 1. The average Bonchev–Trinajstić information content (AvgIpc) is 2.78. The molecule has 1 aliphatic heterocycles. The molecule has 0 bridgehead atoms. The number of rotatable bonds is 5. The minimum absolute atomic E-state index is 0.321. The molecule has 1 aliphatic carbocycles. The third-order valence-corrected chi connectivity index (χ3v) is 5.13. The Morgan fingerprint density at radius 3 is 2.25 bits per heavy atom. The SMILES string of the molecule is CCC(NCC(=O)N1CCCCCC1)C1CCCCC1. The van der Waals surface area contributed by atoms with Crippen molar-refractivity contribution in [2.45, 2.75) is 77.2 Å². The molecule has 1 unspecified atom stereocenters. The van der Waals surface area contributed by atoms with Gasteiger partial charge in [-0.2, -0.15) is 0 Å². The number of nitrogens with one attached hydrogen (secondary N) is 1. The Morgan fingerprint density at radius 1 is 1.05 bits per heavy atom. The van der Waals surface area contributed by atoms with Crippen LogP contribution in [0.15, 0.2) is 0 Å². The van der Waals surface area contributed by atoms with Gasteiger partial charge in [0.1, 0.15) is 0 Å². The predicted molar refractivity (Wildman–Crippen MR) is 83.7 cm³/mol. The van der Waals surface area contributed by atoms with Crippen LogP contribution < -0.4 is 5.32 Å². The molecule has 0 aromatic carbocycles. The zero-order valence-corrected chi connectivity index (χ0v) is 13.2. The smallest absolute Gasteiger partial charge is 0.236 e. The topological polar surface area (TPSA) is 32.3 Å². The van der Waals surface area contributed by atoms with Crippen LogP contribution in [0.5, 0.6) is 0 Å². The lowest BCUT2D eigenvalue weighted by molar-refractivity contribution is -0.130. The van der Waals surface area contributed by atoms with E-state index in [0.29, 0.717) is 18.5 Å². The van der Waals surface area contributed by atoms with Crippen LogP contribution in [-0.4, -0.2) is 36.5 Å². The van der Waals surface area contributed by atoms with Gasteiger partial charge in [0.2, 0.25) is 5.91 Å². The van der Waals surface area contributed by atoms with Crippen molar-refractivity contribution >= 4 is 5.91 Å². The minimum Gasteiger partial charge on any atom is -0.342 e. The molecular weight excluding hydrogens is 248 g/mol. The van der Waals surface area contributed by atoms with Crippen molar-refractivity contribution in [1.29, 1.82) is 0 Å². The van der Waals surface area contributed by atoms with Crippen molar-refractivity contribution in [2.75, 3.05) is 19.6 Å². The van der Waals surface area contributed by atoms with Crippen molar-refractivity contribution < 1.29 is 4.79 Å². The highest BCUT2D eigenvalue weighted by molar-refractivity contribution is 5.78. The summed E-state index contributed by atoms with van der Waals surface area (Å²) in [6.45, 7) is 4.75. The molecule has 2 fully saturated rings. The van der Waals surface area contributed by atoms with E-state index in [1.54, 1.807) is 0 Å². The molecular formula is C17H32N2O. The van der Waals surface area contributed by atoms with E-state index < -0.39 is 0 Å². The van der Waals surface area contributed by atoms with Crippen LogP contribution in [0.3, 0.4) is 0 Å². The third-order valence-electron chi connectivity index (χ3n) is 5.13. The van der Waals surface area contributed by atoms with Gasteiger partial charge in [-0.3, -0.25) is 4.79 Å². The summed E-state index contributed by atoms with van der Waals surface area (Å²) in [4.78, 5) is 14.4. The lowest BCUT2D eigenvalue weighted by Gasteiger charge is -2.31. The first kappa shape index (κ1) is 15.8. The van der Waals surface area contributed by atoms with E-state index in [-0.39, 0.29) is 0 Å². The molecule has 0 radical (unpaired) electrons. The summed E-state index contributed by atoms with van der Waals surface area (Å²) < 4.78 is 0. The van der Waals surface area contributed by atoms with Gasteiger partial charge in [0, 0.05) is 19.1 Å². The fourth-order valence-corrected chi connectivity index (χ4v) is 3.83. The van der Waals surface area contributed by atoms with E-state index in [9.17, 15) is 4.79 Å². The van der Waals surface area contributed by atoms with Gasteiger partial charge in [-0.05, 0) is 38.0 Å². The number of amides is 1. The highest BCUT2D eigenvalue weighted by Crippen LogP contribution is 2.27. The van der Waals surface area contributed by atoms with Gasteiger partial charge >= 0.3 is 0 Å². The predicted octanol–water partition coefficient (Wildman–Crippen LogP) is 3.34. The lowest BCUT2D eigenvalue weighted by atomic mass is 9.83. The van der Waals surface area contributed by atoms with Gasteiger partial charge in [0.25, 0.3) is 0 Å². The second-order valence-electron chi connectivity index (χ2n) is 6.59. The molecule has 20 heavy (non-hydrogen) atoms. The van der Waals surface area contributed by atoms with E-state index in [2.05, 4.69) is 17.1 Å². The molecule has 116 valence electrons. The number of likely N-dealkylation sites (tertiary alicyclic amines) is 1. The first-order valence-corrected chi connectivity index (χ1v) is 8.82. The van der Waals surface area contributed by atoms with Gasteiger partial charge in [-0.25, -0.2) is 0 Å². The van der Waals surface area contributed by atoms with Crippen molar-refractivity contribution in [3.05, 3.63) is 0 Å². The first-order chi connectivity index (χ1) is 9.81. The molecule has 0 aromatic heterocycles. The number of carbonyl (C=O) groups excluding carboxylic acids is 1. The quantitative estimate of drug-likeness (QED) is 0.837. The Morgan fingerprint density at radius 2 is 1.65 bits per heavy atom. The maximum atomic E-state index is 12.3. The van der Waals surface area contributed by atoms with Crippen molar-refractivity contribution in [2.24, 2.45) is 5.92 Å². The van der Waals surface area contributed by atoms with Crippen LogP contribution in [0.2, 0.25) is 0 Å². The molecule has 2 rings (SSSR count). The second-order valence-corrected chi connectivity index (χ2v) is 6.59. The second kappa shape index (κ2) is 8.66. The zero-order valence-electron chi connectivity index (χ0n) is 13.2. The molecule has 1 N–H and O–H groups in total. The number of nitrogens with zero attached hydrogens (tertiary/aromatic N) is 1. The summed E-state index contributed by atoms with van der Waals surface area (Å²) >= 11 is 0. The third kappa shape index (κ3) is 4.76. The van der Waals surface area contributed by atoms with Crippen LogP contribution in [0.1, 0.15) is 71.1 Å². The van der Waals surface area contributed by atoms with Gasteiger partial charge < -0.3 is 10.2 Å². The zero-order chi connectivity index (χ0) is 14.2. The van der Waals surface area contributed by atoms with Crippen molar-refractivity contribution in [3.63, 3.8) is 0 Å². The number of carbonyl (C=O) groups is 1. The molecule has 0 spiro atoms.